The fourth-order valence-corrected chi connectivity index (χ4v) is 4.70. The molecule has 2 atom stereocenters. The van der Waals surface area contributed by atoms with E-state index in [0.29, 0.717) is 31.5 Å². The predicted molar refractivity (Wildman–Crippen MR) is 84.8 cm³/mol. The van der Waals surface area contributed by atoms with Crippen LogP contribution in [-0.2, 0) is 9.47 Å². The summed E-state index contributed by atoms with van der Waals surface area (Å²) >= 11 is 0. The third-order valence-electron chi connectivity index (χ3n) is 5.85. The summed E-state index contributed by atoms with van der Waals surface area (Å²) in [6.45, 7) is 11.9. The molecule has 3 aliphatic rings. The second kappa shape index (κ2) is 6.80. The largest absolute Gasteiger partial charge is 1.00 e. The topological polar surface area (TPSA) is 41.5 Å². The molecule has 23 heavy (non-hydrogen) atoms. The van der Waals surface area contributed by atoms with Crippen LogP contribution in [0.5, 0.6) is 0 Å². The van der Waals surface area contributed by atoms with Crippen molar-refractivity contribution in [2.45, 2.75) is 52.2 Å². The number of hydrogen-bond donors (Lipinski definition) is 0. The van der Waals surface area contributed by atoms with E-state index in [1.54, 1.807) is 0 Å². The molecule has 1 saturated heterocycles. The summed E-state index contributed by atoms with van der Waals surface area (Å²) in [6, 6.07) is 0. The average Bonchev–Trinajstić information content (AvgIpc) is 2.99. The van der Waals surface area contributed by atoms with Gasteiger partial charge in [0.2, 0.25) is 0 Å². The molecule has 2 aliphatic carbocycles. The van der Waals surface area contributed by atoms with Crippen LogP contribution in [0.3, 0.4) is 0 Å². The molecule has 0 amide bonds. The molecule has 0 aromatic rings. The molecule has 1 saturated carbocycles. The summed E-state index contributed by atoms with van der Waals surface area (Å²) in [5, 5.41) is 12.6. The van der Waals surface area contributed by atoms with Crippen LogP contribution in [0, 0.1) is 17.3 Å². The molecule has 3 rings (SSSR count). The van der Waals surface area contributed by atoms with Crippen LogP contribution in [0.25, 0.3) is 0 Å². The number of fused-ring (bicyclic) bond motifs is 2. The third-order valence-corrected chi connectivity index (χ3v) is 5.85. The van der Waals surface area contributed by atoms with Crippen LogP contribution in [0.15, 0.2) is 35.6 Å². The van der Waals surface area contributed by atoms with Gasteiger partial charge in [0.1, 0.15) is 0 Å². The Balaban J connectivity index is 0.00000192. The maximum Gasteiger partial charge on any atom is 1.00 e. The van der Waals surface area contributed by atoms with Gasteiger partial charge in [-0.1, -0.05) is 38.5 Å². The van der Waals surface area contributed by atoms with Gasteiger partial charge in [-0.05, 0) is 42.1 Å². The van der Waals surface area contributed by atoms with Gasteiger partial charge < -0.3 is 14.6 Å². The second-order valence-corrected chi connectivity index (χ2v) is 7.44. The summed E-state index contributed by atoms with van der Waals surface area (Å²) < 4.78 is 12.1. The van der Waals surface area contributed by atoms with E-state index in [9.17, 15) is 5.11 Å². The summed E-state index contributed by atoms with van der Waals surface area (Å²) in [7, 11) is 0. The van der Waals surface area contributed by atoms with Gasteiger partial charge in [-0.15, -0.1) is 12.3 Å². The quantitative estimate of drug-likeness (QED) is 0.557. The summed E-state index contributed by atoms with van der Waals surface area (Å²) in [5.41, 5.74) is 2.03. The minimum atomic E-state index is -0.650. The van der Waals surface area contributed by atoms with Gasteiger partial charge in [-0.3, -0.25) is 0 Å². The summed E-state index contributed by atoms with van der Waals surface area (Å²) in [6.07, 6.45) is 7.05. The SMILES string of the molecule is C=CCC1=C([O-])C=C2C3(C[C@H](C(C)C)[C@@]2(C)CC1)OCCO3.[Li+]. The van der Waals surface area contributed by atoms with Gasteiger partial charge >= 0.3 is 18.9 Å². The molecular formula is C19H27LiO3. The predicted octanol–water partition coefficient (Wildman–Crippen LogP) is 0.326. The molecule has 1 aliphatic heterocycles. The molecule has 4 heteroatoms. The molecule has 122 valence electrons. The molecule has 0 aromatic heterocycles. The van der Waals surface area contributed by atoms with Crippen molar-refractivity contribution < 1.29 is 33.4 Å². The van der Waals surface area contributed by atoms with Crippen molar-refractivity contribution >= 4 is 0 Å². The van der Waals surface area contributed by atoms with Gasteiger partial charge in [0, 0.05) is 6.42 Å². The number of ether oxygens (including phenoxy) is 2. The first-order valence-electron chi connectivity index (χ1n) is 8.43. The zero-order valence-corrected chi connectivity index (χ0v) is 15.0. The molecule has 2 fully saturated rings. The molecule has 3 nitrogen and oxygen atoms in total. The molecule has 0 N–H and O–H groups in total. The van der Waals surface area contributed by atoms with E-state index in [1.165, 1.54) is 0 Å². The van der Waals surface area contributed by atoms with E-state index in [4.69, 9.17) is 9.47 Å². The average molecular weight is 310 g/mol. The minimum absolute atomic E-state index is 0. The maximum atomic E-state index is 12.6. The van der Waals surface area contributed by atoms with E-state index in [1.807, 2.05) is 12.2 Å². The van der Waals surface area contributed by atoms with Gasteiger partial charge in [-0.2, -0.15) is 0 Å². The fraction of sp³-hybridized carbons (Fsp3) is 0.684. The van der Waals surface area contributed by atoms with Gasteiger partial charge in [0.05, 0.1) is 13.2 Å². The van der Waals surface area contributed by atoms with Crippen LogP contribution < -0.4 is 24.0 Å². The molecule has 1 heterocycles. The van der Waals surface area contributed by atoms with Crippen molar-refractivity contribution in [1.82, 2.24) is 0 Å². The Bertz CT molecular complexity index is 529. The monoisotopic (exact) mass is 310 g/mol. The molecule has 0 unspecified atom stereocenters. The van der Waals surface area contributed by atoms with E-state index in [0.717, 1.165) is 30.4 Å². The molecular weight excluding hydrogens is 283 g/mol. The van der Waals surface area contributed by atoms with Crippen LogP contribution in [0.2, 0.25) is 0 Å². The first kappa shape index (κ1) is 18.9. The number of hydrogen-bond acceptors (Lipinski definition) is 3. The minimum Gasteiger partial charge on any atom is -0.872 e. The van der Waals surface area contributed by atoms with Crippen LogP contribution in [-0.4, -0.2) is 19.0 Å². The summed E-state index contributed by atoms with van der Waals surface area (Å²) in [4.78, 5) is 0. The number of rotatable bonds is 3. The second-order valence-electron chi connectivity index (χ2n) is 7.44. The zero-order valence-electron chi connectivity index (χ0n) is 15.0. The molecule has 0 aromatic carbocycles. The van der Waals surface area contributed by atoms with Gasteiger partial charge in [0.15, 0.2) is 5.79 Å². The Labute approximate surface area is 152 Å². The van der Waals surface area contributed by atoms with E-state index in [-0.39, 0.29) is 30.0 Å². The van der Waals surface area contributed by atoms with Gasteiger partial charge in [0.25, 0.3) is 0 Å². The smallest absolute Gasteiger partial charge is 0.872 e. The van der Waals surface area contributed by atoms with Crippen molar-refractivity contribution in [2.75, 3.05) is 13.2 Å². The van der Waals surface area contributed by atoms with Crippen LogP contribution in [0.4, 0.5) is 0 Å². The number of allylic oxidation sites excluding steroid dienone is 3. The van der Waals surface area contributed by atoms with E-state index < -0.39 is 5.79 Å². The van der Waals surface area contributed by atoms with Crippen molar-refractivity contribution in [3.05, 3.63) is 35.6 Å². The fourth-order valence-electron chi connectivity index (χ4n) is 4.70. The van der Waals surface area contributed by atoms with E-state index >= 15 is 0 Å². The van der Waals surface area contributed by atoms with Crippen molar-refractivity contribution in [2.24, 2.45) is 17.3 Å². The van der Waals surface area contributed by atoms with E-state index in [2.05, 4.69) is 27.4 Å². The summed E-state index contributed by atoms with van der Waals surface area (Å²) in [5.74, 6) is 0.508. The first-order chi connectivity index (χ1) is 10.4. The third kappa shape index (κ3) is 2.98. The maximum absolute atomic E-state index is 12.6. The Kier molecular flexibility index (Phi) is 5.58. The Morgan fingerprint density at radius 1 is 1.39 bits per heavy atom. The Morgan fingerprint density at radius 3 is 2.61 bits per heavy atom. The van der Waals surface area contributed by atoms with Crippen molar-refractivity contribution in [1.29, 1.82) is 0 Å². The Hall–Kier alpha value is -0.463. The van der Waals surface area contributed by atoms with Crippen molar-refractivity contribution in [3.63, 3.8) is 0 Å². The Morgan fingerprint density at radius 2 is 2.04 bits per heavy atom. The molecule has 0 radical (unpaired) electrons. The molecule has 0 bridgehead atoms. The van der Waals surface area contributed by atoms with Gasteiger partial charge in [-0.25, -0.2) is 0 Å². The van der Waals surface area contributed by atoms with Crippen molar-refractivity contribution in [3.8, 4) is 0 Å². The zero-order chi connectivity index (χ0) is 16.0. The molecule has 1 spiro atoms. The van der Waals surface area contributed by atoms with Crippen LogP contribution in [0.1, 0.15) is 46.5 Å². The first-order valence-corrected chi connectivity index (χ1v) is 8.43. The normalized spacial score (nSPS) is 32.5. The standard InChI is InChI=1S/C19H28O3.Li/c1-5-6-14-7-8-18(4)15(13(2)3)12-19(21-9-10-22-19)17(18)11-16(14)20;/h5,11,13,15,20H,1,6-10,12H2,2-4H3;/q;+1/p-1/t15-,18-;/m1./s1. The van der Waals surface area contributed by atoms with Crippen LogP contribution >= 0.6 is 0 Å².